The maximum Gasteiger partial charge on any atom is 0.433 e. The second-order valence-corrected chi connectivity index (χ2v) is 10.2. The smallest absolute Gasteiger partial charge is 0.433 e. The first-order valence-corrected chi connectivity index (χ1v) is 14.2. The Morgan fingerprint density at radius 2 is 1.59 bits per heavy atom. The summed E-state index contributed by atoms with van der Waals surface area (Å²) in [6, 6.07) is 31.3. The Hall–Kier alpha value is -5.61. The number of piperazine rings is 1. The maximum absolute atomic E-state index is 14.3. The third-order valence-electron chi connectivity index (χ3n) is 7.46. The van der Waals surface area contributed by atoms with Gasteiger partial charge in [0.2, 0.25) is 5.91 Å². The number of para-hydroxylation sites is 2. The monoisotopic (exact) mass is 586 g/mol. The van der Waals surface area contributed by atoms with Crippen LogP contribution in [0, 0.1) is 0 Å². The number of hydrazine groups is 1. The van der Waals surface area contributed by atoms with Gasteiger partial charge in [-0.1, -0.05) is 72.8 Å². The van der Waals surface area contributed by atoms with Crippen LogP contribution >= 0.6 is 0 Å². The van der Waals surface area contributed by atoms with E-state index in [1.54, 1.807) is 35.4 Å². The van der Waals surface area contributed by atoms with Crippen LogP contribution in [0.1, 0.15) is 15.9 Å². The van der Waals surface area contributed by atoms with E-state index in [2.05, 4.69) is 10.4 Å². The molecular weight excluding hydrogens is 556 g/mol. The van der Waals surface area contributed by atoms with Crippen LogP contribution in [-0.2, 0) is 16.1 Å². The molecule has 1 fully saturated rings. The summed E-state index contributed by atoms with van der Waals surface area (Å²) < 4.78 is 5.00. The van der Waals surface area contributed by atoms with E-state index in [1.807, 2.05) is 83.8 Å². The molecule has 10 nitrogen and oxygen atoms in total. The summed E-state index contributed by atoms with van der Waals surface area (Å²) in [5.41, 5.74) is 6.29. The lowest BCUT2D eigenvalue weighted by molar-refractivity contribution is -0.121. The molecule has 1 saturated heterocycles. The van der Waals surface area contributed by atoms with E-state index in [4.69, 9.17) is 9.72 Å². The van der Waals surface area contributed by atoms with E-state index in [0.29, 0.717) is 52.3 Å². The first-order valence-electron chi connectivity index (χ1n) is 14.2. The van der Waals surface area contributed by atoms with Crippen molar-refractivity contribution in [2.75, 3.05) is 36.7 Å². The lowest BCUT2D eigenvalue weighted by Crippen LogP contribution is -2.50. The number of anilines is 2. The number of rotatable bonds is 6. The van der Waals surface area contributed by atoms with Crippen molar-refractivity contribution in [1.29, 1.82) is 0 Å². The molecule has 3 aromatic carbocycles. The summed E-state index contributed by atoms with van der Waals surface area (Å²) >= 11 is 0. The molecule has 0 radical (unpaired) electrons. The fourth-order valence-corrected chi connectivity index (χ4v) is 5.38. The van der Waals surface area contributed by atoms with Gasteiger partial charge in [-0.15, -0.1) is 0 Å². The number of methoxy groups -OCH3 is 1. The molecule has 1 N–H and O–H groups in total. The second kappa shape index (κ2) is 12.7. The highest BCUT2D eigenvalue weighted by atomic mass is 16.5. The minimum Gasteiger partial charge on any atom is -0.451 e. The zero-order valence-corrected chi connectivity index (χ0v) is 24.1. The number of amides is 3. The van der Waals surface area contributed by atoms with Crippen molar-refractivity contribution in [2.24, 2.45) is 0 Å². The zero-order chi connectivity index (χ0) is 30.5. The van der Waals surface area contributed by atoms with Crippen LogP contribution in [0.25, 0.3) is 22.2 Å². The Morgan fingerprint density at radius 1 is 0.886 bits per heavy atom. The fraction of sp³-hybridized carbons (Fsp3) is 0.147. The van der Waals surface area contributed by atoms with Gasteiger partial charge in [0.25, 0.3) is 5.91 Å². The summed E-state index contributed by atoms with van der Waals surface area (Å²) in [5.74, 6) is 0.0127. The van der Waals surface area contributed by atoms with Crippen molar-refractivity contribution in [3.63, 3.8) is 0 Å². The minimum absolute atomic E-state index is 0.0862. The van der Waals surface area contributed by atoms with Crippen LogP contribution in [0.2, 0.25) is 0 Å². The standard InChI is InChI=1S/C34H30N6O4/c1-44-34(43)40(25-14-6-3-7-15-25)37-33(42)31-26-16-8-9-17-28(26)36-32(24-12-4-2-5-13-24)27(31)22-38-20-21-39(30(41)23-38)29-18-10-11-19-35-29/h2-19H,20-23H2,1H3,(H,37,42). The molecule has 5 aromatic rings. The maximum atomic E-state index is 14.3. The Bertz CT molecular complexity index is 1800. The largest absolute Gasteiger partial charge is 0.451 e. The summed E-state index contributed by atoms with van der Waals surface area (Å²) in [7, 11) is 1.26. The van der Waals surface area contributed by atoms with Crippen LogP contribution in [0.5, 0.6) is 0 Å². The van der Waals surface area contributed by atoms with E-state index in [-0.39, 0.29) is 19.0 Å². The quantitative estimate of drug-likeness (QED) is 0.277. The molecule has 0 unspecified atom stereocenters. The summed E-state index contributed by atoms with van der Waals surface area (Å²) in [5, 5.41) is 1.70. The molecule has 3 heterocycles. The lowest BCUT2D eigenvalue weighted by atomic mass is 9.95. The Labute approximate surface area is 254 Å². The van der Waals surface area contributed by atoms with Gasteiger partial charge < -0.3 is 4.74 Å². The number of hydrogen-bond acceptors (Lipinski definition) is 7. The molecule has 10 heteroatoms. The van der Waals surface area contributed by atoms with Gasteiger partial charge in [0.1, 0.15) is 5.82 Å². The molecule has 1 aliphatic heterocycles. The number of fused-ring (bicyclic) bond motifs is 1. The number of carbonyl (C=O) groups excluding carboxylic acids is 3. The summed E-state index contributed by atoms with van der Waals surface area (Å²) in [4.78, 5) is 53.5. The van der Waals surface area contributed by atoms with Crippen molar-refractivity contribution in [2.45, 2.75) is 6.54 Å². The second-order valence-electron chi connectivity index (χ2n) is 10.2. The van der Waals surface area contributed by atoms with Crippen LogP contribution in [0.4, 0.5) is 16.3 Å². The van der Waals surface area contributed by atoms with Crippen LogP contribution < -0.4 is 15.3 Å². The normalized spacial score (nSPS) is 13.5. The molecule has 220 valence electrons. The van der Waals surface area contributed by atoms with E-state index in [9.17, 15) is 14.4 Å². The SMILES string of the molecule is COC(=O)N(NC(=O)c1c(CN2CCN(c3ccccn3)C(=O)C2)c(-c2ccccc2)nc2ccccc12)c1ccccc1. The molecule has 0 atom stereocenters. The molecule has 0 bridgehead atoms. The number of nitrogens with zero attached hydrogens (tertiary/aromatic N) is 5. The van der Waals surface area contributed by atoms with Crippen molar-refractivity contribution in [3.8, 4) is 11.3 Å². The number of hydrogen-bond donors (Lipinski definition) is 1. The van der Waals surface area contributed by atoms with Gasteiger partial charge >= 0.3 is 6.09 Å². The number of benzene rings is 3. The molecule has 0 saturated carbocycles. The van der Waals surface area contributed by atoms with Crippen LogP contribution in [0.3, 0.4) is 0 Å². The van der Waals surface area contributed by atoms with E-state index >= 15 is 0 Å². The van der Waals surface area contributed by atoms with Gasteiger partial charge in [-0.3, -0.25) is 24.8 Å². The van der Waals surface area contributed by atoms with Gasteiger partial charge in [0, 0.05) is 42.3 Å². The molecule has 1 aliphatic rings. The van der Waals surface area contributed by atoms with Gasteiger partial charge in [0.15, 0.2) is 0 Å². The number of nitrogens with one attached hydrogen (secondary N) is 1. The third-order valence-corrected chi connectivity index (χ3v) is 7.46. The van der Waals surface area contributed by atoms with E-state index in [0.717, 1.165) is 10.6 Å². The molecule has 0 aliphatic carbocycles. The van der Waals surface area contributed by atoms with Gasteiger partial charge in [-0.05, 0) is 30.3 Å². The lowest BCUT2D eigenvalue weighted by Gasteiger charge is -2.34. The molecule has 6 rings (SSSR count). The third kappa shape index (κ3) is 5.83. The zero-order valence-electron chi connectivity index (χ0n) is 24.1. The van der Waals surface area contributed by atoms with Crippen LogP contribution in [-0.4, -0.2) is 59.5 Å². The van der Waals surface area contributed by atoms with Crippen molar-refractivity contribution in [1.82, 2.24) is 20.3 Å². The topological polar surface area (TPSA) is 108 Å². The highest BCUT2D eigenvalue weighted by molar-refractivity contribution is 6.10. The minimum atomic E-state index is -0.746. The number of carbonyl (C=O) groups is 3. The highest BCUT2D eigenvalue weighted by Crippen LogP contribution is 2.32. The van der Waals surface area contributed by atoms with E-state index < -0.39 is 12.0 Å². The number of ether oxygens (including phenoxy) is 1. The molecule has 44 heavy (non-hydrogen) atoms. The molecular formula is C34H30N6O4. The Morgan fingerprint density at radius 3 is 2.30 bits per heavy atom. The Kier molecular flexibility index (Phi) is 8.24. The average molecular weight is 587 g/mol. The van der Waals surface area contributed by atoms with Gasteiger partial charge in [-0.2, -0.15) is 5.01 Å². The summed E-state index contributed by atoms with van der Waals surface area (Å²) in [6.45, 7) is 1.42. The number of aromatic nitrogens is 2. The molecule has 3 amide bonds. The van der Waals surface area contributed by atoms with E-state index in [1.165, 1.54) is 7.11 Å². The molecule has 2 aromatic heterocycles. The number of pyridine rings is 2. The highest BCUT2D eigenvalue weighted by Gasteiger charge is 2.30. The first-order chi connectivity index (χ1) is 21.5. The average Bonchev–Trinajstić information content (AvgIpc) is 3.07. The van der Waals surface area contributed by atoms with Crippen molar-refractivity contribution >= 4 is 40.3 Å². The fourth-order valence-electron chi connectivity index (χ4n) is 5.38. The van der Waals surface area contributed by atoms with Crippen molar-refractivity contribution in [3.05, 3.63) is 120 Å². The van der Waals surface area contributed by atoms with Crippen LogP contribution in [0.15, 0.2) is 109 Å². The predicted octanol–water partition coefficient (Wildman–Crippen LogP) is 5.06. The van der Waals surface area contributed by atoms with Gasteiger partial charge in [-0.25, -0.2) is 14.8 Å². The first kappa shape index (κ1) is 28.5. The summed E-state index contributed by atoms with van der Waals surface area (Å²) in [6.07, 6.45) is 0.920. The predicted molar refractivity (Wildman–Crippen MR) is 168 cm³/mol. The molecule has 0 spiro atoms. The Balaban J connectivity index is 1.43. The van der Waals surface area contributed by atoms with Crippen molar-refractivity contribution < 1.29 is 19.1 Å². The van der Waals surface area contributed by atoms with Gasteiger partial charge in [0.05, 0.1) is 36.1 Å².